The lowest BCUT2D eigenvalue weighted by molar-refractivity contribution is -0.137. The van der Waals surface area contributed by atoms with Crippen molar-refractivity contribution in [1.82, 2.24) is 0 Å². The van der Waals surface area contributed by atoms with Crippen LogP contribution < -0.4 is 4.74 Å². The Labute approximate surface area is 147 Å². The Morgan fingerprint density at radius 1 is 1.16 bits per heavy atom. The van der Waals surface area contributed by atoms with Crippen LogP contribution in [0.2, 0.25) is 5.02 Å². The fourth-order valence-electron chi connectivity index (χ4n) is 2.26. The molecule has 0 aromatic heterocycles. The fourth-order valence-corrected chi connectivity index (χ4v) is 3.70. The number of aliphatic hydroxyl groups is 1. The maximum Gasteiger partial charge on any atom is 0.416 e. The van der Waals surface area contributed by atoms with Gasteiger partial charge < -0.3 is 9.84 Å². The average molecular weight is 395 g/mol. The molecule has 2 rings (SSSR count). The molecule has 0 bridgehead atoms. The second-order valence-electron chi connectivity index (χ2n) is 5.10. The molecule has 0 saturated heterocycles. The third-order valence-electron chi connectivity index (χ3n) is 3.46. The molecule has 4 nitrogen and oxygen atoms in total. The summed E-state index contributed by atoms with van der Waals surface area (Å²) in [4.78, 5) is -0.307. The lowest BCUT2D eigenvalue weighted by Crippen LogP contribution is -2.13. The molecule has 0 spiro atoms. The molecule has 0 radical (unpaired) electrons. The van der Waals surface area contributed by atoms with E-state index in [0.29, 0.717) is 6.07 Å². The zero-order valence-electron chi connectivity index (χ0n) is 13.0. The van der Waals surface area contributed by atoms with Gasteiger partial charge in [-0.05, 0) is 35.9 Å². The number of ether oxygens (including phenoxy) is 1. The first-order valence-corrected chi connectivity index (χ1v) is 9.02. The lowest BCUT2D eigenvalue weighted by Gasteiger charge is -2.15. The monoisotopic (exact) mass is 394 g/mol. The van der Waals surface area contributed by atoms with Gasteiger partial charge in [0, 0.05) is 5.56 Å². The highest BCUT2D eigenvalue weighted by atomic mass is 35.5. The Hall–Kier alpha value is -1.77. The number of sulfone groups is 1. The summed E-state index contributed by atoms with van der Waals surface area (Å²) in [5.74, 6) is -0.405. The van der Waals surface area contributed by atoms with E-state index in [1.54, 1.807) is 0 Å². The number of hydrogen-bond donors (Lipinski definition) is 1. The summed E-state index contributed by atoms with van der Waals surface area (Å²) < 4.78 is 68.8. The van der Waals surface area contributed by atoms with Crippen LogP contribution in [0.1, 0.15) is 5.56 Å². The predicted octanol–water partition coefficient (Wildman–Crippen LogP) is 3.80. The summed E-state index contributed by atoms with van der Waals surface area (Å²) in [7, 11) is -2.64. The van der Waals surface area contributed by atoms with E-state index in [1.165, 1.54) is 25.3 Å². The van der Waals surface area contributed by atoms with Crippen LogP contribution in [-0.4, -0.2) is 33.0 Å². The van der Waals surface area contributed by atoms with E-state index in [4.69, 9.17) is 21.4 Å². The molecule has 0 aliphatic carbocycles. The van der Waals surface area contributed by atoms with Gasteiger partial charge in [-0.3, -0.25) is 0 Å². The van der Waals surface area contributed by atoms with Crippen molar-refractivity contribution in [1.29, 1.82) is 0 Å². The molecule has 136 valence electrons. The van der Waals surface area contributed by atoms with Crippen molar-refractivity contribution in [2.24, 2.45) is 0 Å². The Bertz CT molecular complexity index is 879. The highest BCUT2D eigenvalue weighted by Crippen LogP contribution is 2.38. The van der Waals surface area contributed by atoms with Gasteiger partial charge in [0.1, 0.15) is 5.75 Å². The molecule has 0 fully saturated rings. The van der Waals surface area contributed by atoms with E-state index in [0.717, 1.165) is 12.1 Å². The van der Waals surface area contributed by atoms with Crippen molar-refractivity contribution >= 4 is 21.4 Å². The van der Waals surface area contributed by atoms with Crippen molar-refractivity contribution in [2.45, 2.75) is 11.1 Å². The van der Waals surface area contributed by atoms with Gasteiger partial charge >= 0.3 is 6.18 Å². The van der Waals surface area contributed by atoms with Gasteiger partial charge in [-0.1, -0.05) is 17.7 Å². The quantitative estimate of drug-likeness (QED) is 0.837. The van der Waals surface area contributed by atoms with Crippen molar-refractivity contribution < 1.29 is 31.4 Å². The molecular formula is C16H14ClF3O4S. The van der Waals surface area contributed by atoms with Gasteiger partial charge in [0.2, 0.25) is 0 Å². The highest BCUT2D eigenvalue weighted by molar-refractivity contribution is 7.91. The molecule has 25 heavy (non-hydrogen) atoms. The number of rotatable bonds is 5. The van der Waals surface area contributed by atoms with Crippen molar-refractivity contribution in [3.05, 3.63) is 47.0 Å². The van der Waals surface area contributed by atoms with Crippen LogP contribution in [0.3, 0.4) is 0 Å². The van der Waals surface area contributed by atoms with Crippen LogP contribution in [-0.2, 0) is 16.0 Å². The molecule has 1 N–H and O–H groups in total. The molecule has 0 aliphatic rings. The van der Waals surface area contributed by atoms with Crippen LogP contribution >= 0.6 is 11.6 Å². The topological polar surface area (TPSA) is 63.6 Å². The van der Waals surface area contributed by atoms with Gasteiger partial charge in [0.15, 0.2) is 9.84 Å². The smallest absolute Gasteiger partial charge is 0.416 e. The number of benzene rings is 2. The fraction of sp³-hybridized carbons (Fsp3) is 0.250. The third-order valence-corrected chi connectivity index (χ3v) is 5.52. The first-order valence-electron chi connectivity index (χ1n) is 6.99. The number of halogens is 4. The minimum atomic E-state index is -4.63. The largest absolute Gasteiger partial charge is 0.495 e. The lowest BCUT2D eigenvalue weighted by atomic mass is 10.0. The number of hydrogen-bond acceptors (Lipinski definition) is 4. The first kappa shape index (κ1) is 19.6. The molecule has 9 heteroatoms. The zero-order valence-corrected chi connectivity index (χ0v) is 14.5. The summed E-state index contributed by atoms with van der Waals surface area (Å²) >= 11 is 5.91. The van der Waals surface area contributed by atoms with Crippen LogP contribution in [0.15, 0.2) is 41.3 Å². The molecule has 2 aromatic carbocycles. The molecule has 0 atom stereocenters. The van der Waals surface area contributed by atoms with E-state index in [-0.39, 0.29) is 26.8 Å². The molecule has 2 aromatic rings. The van der Waals surface area contributed by atoms with Gasteiger partial charge in [0.05, 0.1) is 35.0 Å². The minimum Gasteiger partial charge on any atom is -0.495 e. The minimum absolute atomic E-state index is 0.141. The van der Waals surface area contributed by atoms with E-state index in [9.17, 15) is 21.6 Å². The van der Waals surface area contributed by atoms with Gasteiger partial charge in [-0.2, -0.15) is 13.2 Å². The summed E-state index contributed by atoms with van der Waals surface area (Å²) in [5.41, 5.74) is -0.929. The van der Waals surface area contributed by atoms with Gasteiger partial charge in [-0.25, -0.2) is 8.42 Å². The van der Waals surface area contributed by atoms with Crippen molar-refractivity contribution in [2.75, 3.05) is 19.5 Å². The number of methoxy groups -OCH3 is 1. The second-order valence-corrected chi connectivity index (χ2v) is 7.59. The van der Waals surface area contributed by atoms with Crippen LogP contribution in [0.4, 0.5) is 13.2 Å². The van der Waals surface area contributed by atoms with E-state index >= 15 is 0 Å². The maximum absolute atomic E-state index is 13.0. The molecule has 0 amide bonds. The van der Waals surface area contributed by atoms with Crippen molar-refractivity contribution in [3.8, 4) is 16.9 Å². The summed E-state index contributed by atoms with van der Waals surface area (Å²) in [6.45, 7) is -0.646. The van der Waals surface area contributed by atoms with Gasteiger partial charge in [-0.15, -0.1) is 0 Å². The SMILES string of the molecule is COc1cc(-c2cc(C(F)(F)F)ccc2S(=O)(=O)CCO)ccc1Cl. The van der Waals surface area contributed by atoms with E-state index in [2.05, 4.69) is 0 Å². The van der Waals surface area contributed by atoms with E-state index in [1.807, 2.05) is 0 Å². The van der Waals surface area contributed by atoms with Gasteiger partial charge in [0.25, 0.3) is 0 Å². The predicted molar refractivity (Wildman–Crippen MR) is 87.6 cm³/mol. The molecule has 0 aliphatic heterocycles. The molecule has 0 saturated carbocycles. The van der Waals surface area contributed by atoms with E-state index < -0.39 is 33.9 Å². The van der Waals surface area contributed by atoms with Crippen LogP contribution in [0, 0.1) is 0 Å². The van der Waals surface area contributed by atoms with Crippen molar-refractivity contribution in [3.63, 3.8) is 0 Å². The Morgan fingerprint density at radius 2 is 1.84 bits per heavy atom. The highest BCUT2D eigenvalue weighted by Gasteiger charge is 2.32. The average Bonchev–Trinajstić information content (AvgIpc) is 2.54. The summed E-state index contributed by atoms with van der Waals surface area (Å²) in [6, 6.07) is 6.50. The normalized spacial score (nSPS) is 12.2. The Kier molecular flexibility index (Phi) is 5.65. The number of aliphatic hydroxyl groups excluding tert-OH is 1. The Morgan fingerprint density at radius 3 is 2.40 bits per heavy atom. The Balaban J connectivity index is 2.75. The number of alkyl halides is 3. The maximum atomic E-state index is 13.0. The molecule has 0 unspecified atom stereocenters. The standard InChI is InChI=1S/C16H14ClF3O4S/c1-24-14-8-10(2-4-13(14)17)12-9-11(16(18,19)20)3-5-15(12)25(22,23)7-6-21/h2-5,8-9,21H,6-7H2,1H3. The summed E-state index contributed by atoms with van der Waals surface area (Å²) in [5, 5.41) is 9.16. The summed E-state index contributed by atoms with van der Waals surface area (Å²) in [6.07, 6.45) is -4.63. The third kappa shape index (κ3) is 4.26. The van der Waals surface area contributed by atoms with Crippen LogP contribution in [0.5, 0.6) is 5.75 Å². The first-order chi connectivity index (χ1) is 11.6. The second kappa shape index (κ2) is 7.23. The molecule has 0 heterocycles. The molecular weight excluding hydrogens is 381 g/mol. The zero-order chi connectivity index (χ0) is 18.8. The van der Waals surface area contributed by atoms with Crippen LogP contribution in [0.25, 0.3) is 11.1 Å².